The first-order valence-electron chi connectivity index (χ1n) is 7.06. The maximum Gasteiger partial charge on any atom is 0.329 e. The van der Waals surface area contributed by atoms with Gasteiger partial charge in [0.1, 0.15) is 0 Å². The Morgan fingerprint density at radius 1 is 1.12 bits per heavy atom. The van der Waals surface area contributed by atoms with Gasteiger partial charge in [-0.3, -0.25) is 19.7 Å². The highest BCUT2D eigenvalue weighted by Gasteiger charge is 2.13. The van der Waals surface area contributed by atoms with E-state index in [9.17, 15) is 19.7 Å². The van der Waals surface area contributed by atoms with Gasteiger partial charge in [0.05, 0.1) is 16.7 Å². The molecule has 2 amide bonds. The van der Waals surface area contributed by atoms with Gasteiger partial charge in [-0.2, -0.15) is 5.10 Å². The van der Waals surface area contributed by atoms with Gasteiger partial charge in [0.15, 0.2) is 0 Å². The molecule has 0 spiro atoms. The Morgan fingerprint density at radius 3 is 2.48 bits per heavy atom. The van der Waals surface area contributed by atoms with E-state index >= 15 is 0 Å². The van der Waals surface area contributed by atoms with Gasteiger partial charge >= 0.3 is 11.8 Å². The van der Waals surface area contributed by atoms with Crippen LogP contribution in [0.4, 0.5) is 5.69 Å². The summed E-state index contributed by atoms with van der Waals surface area (Å²) in [6, 6.07) is 12.6. The molecule has 2 aromatic rings. The molecule has 9 heteroatoms. The molecule has 0 saturated carbocycles. The van der Waals surface area contributed by atoms with Crippen molar-refractivity contribution in [3.8, 4) is 0 Å². The monoisotopic (exact) mass is 360 g/mol. The first kappa shape index (κ1) is 18.1. The van der Waals surface area contributed by atoms with Crippen LogP contribution in [0.2, 0.25) is 5.02 Å². The van der Waals surface area contributed by atoms with E-state index in [1.807, 2.05) is 5.43 Å². The summed E-state index contributed by atoms with van der Waals surface area (Å²) in [7, 11) is 0. The molecule has 0 saturated heterocycles. The SMILES string of the molecule is O=C(NCc1ccc(Cl)cc1)C(=O)N/N=C\c1ccccc1[N+](=O)[O-]. The molecule has 128 valence electrons. The highest BCUT2D eigenvalue weighted by Crippen LogP contribution is 2.15. The third kappa shape index (κ3) is 5.40. The van der Waals surface area contributed by atoms with Crippen molar-refractivity contribution in [2.24, 2.45) is 5.10 Å². The zero-order valence-corrected chi connectivity index (χ0v) is 13.6. The fourth-order valence-electron chi connectivity index (χ4n) is 1.84. The van der Waals surface area contributed by atoms with Gasteiger partial charge in [-0.15, -0.1) is 0 Å². The number of hydrogen-bond acceptors (Lipinski definition) is 5. The van der Waals surface area contributed by atoms with Crippen LogP contribution in [0.25, 0.3) is 0 Å². The predicted octanol–water partition coefficient (Wildman–Crippen LogP) is 2.01. The first-order chi connectivity index (χ1) is 12.0. The topological polar surface area (TPSA) is 114 Å². The van der Waals surface area contributed by atoms with Crippen molar-refractivity contribution in [3.63, 3.8) is 0 Å². The largest absolute Gasteiger partial charge is 0.344 e. The summed E-state index contributed by atoms with van der Waals surface area (Å²) in [6.07, 6.45) is 1.10. The lowest BCUT2D eigenvalue weighted by Crippen LogP contribution is -2.37. The van der Waals surface area contributed by atoms with Crippen molar-refractivity contribution in [3.05, 3.63) is 74.8 Å². The Hall–Kier alpha value is -3.26. The van der Waals surface area contributed by atoms with Crippen LogP contribution in [-0.4, -0.2) is 23.0 Å². The van der Waals surface area contributed by atoms with E-state index in [-0.39, 0.29) is 17.8 Å². The number of rotatable bonds is 5. The summed E-state index contributed by atoms with van der Waals surface area (Å²) in [5, 5.41) is 17.4. The number of nitro benzene ring substituents is 1. The van der Waals surface area contributed by atoms with Crippen molar-refractivity contribution in [2.45, 2.75) is 6.54 Å². The van der Waals surface area contributed by atoms with Crippen molar-refractivity contribution < 1.29 is 14.5 Å². The van der Waals surface area contributed by atoms with E-state index in [2.05, 4.69) is 10.4 Å². The van der Waals surface area contributed by atoms with Crippen LogP contribution in [0.5, 0.6) is 0 Å². The maximum absolute atomic E-state index is 11.7. The molecule has 0 aliphatic carbocycles. The zero-order valence-electron chi connectivity index (χ0n) is 12.8. The molecule has 2 aromatic carbocycles. The van der Waals surface area contributed by atoms with E-state index in [4.69, 9.17) is 11.6 Å². The number of nitrogens with one attached hydrogen (secondary N) is 2. The quantitative estimate of drug-likeness (QED) is 0.367. The molecular weight excluding hydrogens is 348 g/mol. The summed E-state index contributed by atoms with van der Waals surface area (Å²) in [5.74, 6) is -1.86. The second-order valence-corrected chi connectivity index (χ2v) is 5.26. The van der Waals surface area contributed by atoms with Crippen molar-refractivity contribution in [1.29, 1.82) is 0 Å². The average Bonchev–Trinajstić information content (AvgIpc) is 2.61. The van der Waals surface area contributed by atoms with Crippen LogP contribution < -0.4 is 10.7 Å². The highest BCUT2D eigenvalue weighted by molar-refractivity contribution is 6.35. The number of amides is 2. The molecule has 0 radical (unpaired) electrons. The number of nitro groups is 1. The van der Waals surface area contributed by atoms with Crippen LogP contribution in [0.15, 0.2) is 53.6 Å². The second-order valence-electron chi connectivity index (χ2n) is 4.82. The molecule has 25 heavy (non-hydrogen) atoms. The Labute approximate surface area is 147 Å². The Balaban J connectivity index is 1.88. The van der Waals surface area contributed by atoms with Crippen LogP contribution >= 0.6 is 11.6 Å². The summed E-state index contributed by atoms with van der Waals surface area (Å²) in [4.78, 5) is 33.6. The number of halogens is 1. The normalized spacial score (nSPS) is 10.4. The minimum absolute atomic E-state index is 0.150. The van der Waals surface area contributed by atoms with Crippen LogP contribution in [0, 0.1) is 10.1 Å². The van der Waals surface area contributed by atoms with Gasteiger partial charge in [0.2, 0.25) is 0 Å². The van der Waals surface area contributed by atoms with E-state index in [0.29, 0.717) is 5.02 Å². The maximum atomic E-state index is 11.7. The second kappa shape index (κ2) is 8.55. The summed E-state index contributed by atoms with van der Waals surface area (Å²) < 4.78 is 0. The fourth-order valence-corrected chi connectivity index (χ4v) is 1.97. The molecule has 0 aliphatic rings. The number of hydrogen-bond donors (Lipinski definition) is 2. The molecule has 0 aliphatic heterocycles. The van der Waals surface area contributed by atoms with Gasteiger partial charge in [-0.05, 0) is 23.8 Å². The van der Waals surface area contributed by atoms with Gasteiger partial charge in [0, 0.05) is 17.6 Å². The van der Waals surface area contributed by atoms with Crippen molar-refractivity contribution in [1.82, 2.24) is 10.7 Å². The Bertz CT molecular complexity index is 821. The van der Waals surface area contributed by atoms with Gasteiger partial charge in [0.25, 0.3) is 5.69 Å². The van der Waals surface area contributed by atoms with Crippen LogP contribution in [-0.2, 0) is 16.1 Å². The number of nitrogens with zero attached hydrogens (tertiary/aromatic N) is 2. The molecule has 2 N–H and O–H groups in total. The molecule has 8 nitrogen and oxygen atoms in total. The molecule has 0 fully saturated rings. The van der Waals surface area contributed by atoms with Crippen LogP contribution in [0.1, 0.15) is 11.1 Å². The molecule has 0 aromatic heterocycles. The molecule has 2 rings (SSSR count). The summed E-state index contributed by atoms with van der Waals surface area (Å²) >= 11 is 5.75. The van der Waals surface area contributed by atoms with Crippen LogP contribution in [0.3, 0.4) is 0 Å². The number of hydrazone groups is 1. The number of carbonyl (C=O) groups excluding carboxylic acids is 2. The first-order valence-corrected chi connectivity index (χ1v) is 7.44. The van der Waals surface area contributed by atoms with Gasteiger partial charge in [-0.25, -0.2) is 5.43 Å². The fraction of sp³-hybridized carbons (Fsp3) is 0.0625. The lowest BCUT2D eigenvalue weighted by molar-refractivity contribution is -0.385. The average molecular weight is 361 g/mol. The minimum atomic E-state index is -0.983. The van der Waals surface area contributed by atoms with Gasteiger partial charge in [-0.1, -0.05) is 35.9 Å². The van der Waals surface area contributed by atoms with Crippen molar-refractivity contribution in [2.75, 3.05) is 0 Å². The zero-order chi connectivity index (χ0) is 18.2. The lowest BCUT2D eigenvalue weighted by Gasteiger charge is -2.04. The summed E-state index contributed by atoms with van der Waals surface area (Å²) in [6.45, 7) is 0.150. The predicted molar refractivity (Wildman–Crippen MR) is 92.1 cm³/mol. The van der Waals surface area contributed by atoms with E-state index in [0.717, 1.165) is 11.8 Å². The van der Waals surface area contributed by atoms with E-state index in [1.54, 1.807) is 30.3 Å². The smallest absolute Gasteiger partial charge is 0.329 e. The third-order valence-electron chi connectivity index (χ3n) is 3.08. The molecule has 0 unspecified atom stereocenters. The Morgan fingerprint density at radius 2 is 1.80 bits per heavy atom. The number of benzene rings is 2. The van der Waals surface area contributed by atoms with Gasteiger partial charge < -0.3 is 5.32 Å². The van der Waals surface area contributed by atoms with E-state index < -0.39 is 16.7 Å². The molecule has 0 heterocycles. The lowest BCUT2D eigenvalue weighted by atomic mass is 10.2. The minimum Gasteiger partial charge on any atom is -0.344 e. The Kier molecular flexibility index (Phi) is 6.19. The van der Waals surface area contributed by atoms with Crippen molar-refractivity contribution >= 4 is 35.3 Å². The molecule has 0 atom stereocenters. The van der Waals surface area contributed by atoms with E-state index in [1.165, 1.54) is 18.2 Å². The third-order valence-corrected chi connectivity index (χ3v) is 3.33. The highest BCUT2D eigenvalue weighted by atomic mass is 35.5. The summed E-state index contributed by atoms with van der Waals surface area (Å²) in [5.41, 5.74) is 2.83. The standard InChI is InChI=1S/C16H13ClN4O4/c17-13-7-5-11(6-8-13)9-18-15(22)16(23)20-19-10-12-3-1-2-4-14(12)21(24)25/h1-8,10H,9H2,(H,18,22)(H,20,23)/b19-10-. The number of carbonyl (C=O) groups is 2. The molecule has 0 bridgehead atoms. The number of para-hydroxylation sites is 1. The molecular formula is C16H13ClN4O4.